The van der Waals surface area contributed by atoms with E-state index in [1.54, 1.807) is 6.08 Å². The van der Waals surface area contributed by atoms with Gasteiger partial charge in [0.25, 0.3) is 0 Å². The average Bonchev–Trinajstić information content (AvgIpc) is 3.36. The quantitative estimate of drug-likeness (QED) is 0.0206. The molecule has 14 heteroatoms. The number of allylic oxidation sites excluding steroid dienone is 5. The van der Waals surface area contributed by atoms with Crippen molar-refractivity contribution in [2.24, 2.45) is 0 Å². The van der Waals surface area contributed by atoms with Crippen molar-refractivity contribution in [3.63, 3.8) is 0 Å². The molecule has 0 saturated carbocycles. The molecule has 0 bridgehead atoms. The first kappa shape index (κ1) is 64.3. The number of unbranched alkanes of at least 4 members (excludes halogenated alkanes) is 27. The first-order valence-electron chi connectivity index (χ1n) is 28.2. The highest BCUT2D eigenvalue weighted by molar-refractivity contribution is 5.76. The highest BCUT2D eigenvalue weighted by atomic mass is 16.7. The van der Waals surface area contributed by atoms with Gasteiger partial charge >= 0.3 is 0 Å². The molecule has 0 spiro atoms. The summed E-state index contributed by atoms with van der Waals surface area (Å²) in [6.45, 7) is 2.77. The molecule has 9 N–H and O–H groups in total. The van der Waals surface area contributed by atoms with Crippen LogP contribution in [0.25, 0.3) is 0 Å². The van der Waals surface area contributed by atoms with Gasteiger partial charge < -0.3 is 65.1 Å². The van der Waals surface area contributed by atoms with E-state index in [2.05, 4.69) is 43.5 Å². The van der Waals surface area contributed by atoms with Crippen LogP contribution in [0.2, 0.25) is 0 Å². The number of carbonyl (C=O) groups excluding carboxylic acids is 1. The minimum Gasteiger partial charge on any atom is -0.394 e. The number of hydrogen-bond acceptors (Lipinski definition) is 13. The van der Waals surface area contributed by atoms with Crippen molar-refractivity contribution in [3.05, 3.63) is 36.5 Å². The topological polar surface area (TPSA) is 228 Å². The molecular formula is C56H103NO13. The van der Waals surface area contributed by atoms with Crippen LogP contribution in [0.1, 0.15) is 219 Å². The summed E-state index contributed by atoms with van der Waals surface area (Å²) in [5, 5.41) is 86.9. The zero-order valence-corrected chi connectivity index (χ0v) is 43.8. The van der Waals surface area contributed by atoms with E-state index in [4.69, 9.17) is 18.9 Å². The van der Waals surface area contributed by atoms with Crippen LogP contribution in [-0.2, 0) is 23.7 Å². The summed E-state index contributed by atoms with van der Waals surface area (Å²) in [7, 11) is 0. The van der Waals surface area contributed by atoms with E-state index in [0.717, 1.165) is 44.9 Å². The number of carbonyl (C=O) groups is 1. The van der Waals surface area contributed by atoms with E-state index >= 15 is 0 Å². The van der Waals surface area contributed by atoms with Crippen LogP contribution >= 0.6 is 0 Å². The fourth-order valence-electron chi connectivity index (χ4n) is 9.21. The molecule has 70 heavy (non-hydrogen) atoms. The Labute approximate surface area is 423 Å². The molecule has 0 radical (unpaired) electrons. The van der Waals surface area contributed by atoms with Gasteiger partial charge in [0, 0.05) is 6.42 Å². The first-order valence-corrected chi connectivity index (χ1v) is 28.2. The molecule has 2 rings (SSSR count). The monoisotopic (exact) mass is 998 g/mol. The van der Waals surface area contributed by atoms with Crippen LogP contribution in [0.15, 0.2) is 36.5 Å². The predicted octanol–water partition coefficient (Wildman–Crippen LogP) is 8.66. The molecule has 0 aromatic heterocycles. The molecule has 2 aliphatic heterocycles. The standard InChI is InChI=1S/C56H103NO13/c1-3-5-7-9-11-13-15-17-19-20-21-22-23-24-25-26-27-29-31-33-35-37-39-45(60)44(57-48(61)40-38-36-34-32-30-28-18-16-14-12-10-8-6-4-2)43-67-55-53(66)51(64)54(47(42-59)69-55)70-56-52(65)50(63)49(62)46(41-58)68-56/h24-25,29,31,37,39,44-47,49-56,58-60,62-66H,3-23,26-28,30,32-36,38,40-43H2,1-2H3,(H,57,61)/b25-24+,31-29+,39-37+. The normalized spacial score (nSPS) is 26.2. The maximum Gasteiger partial charge on any atom is 0.220 e. The van der Waals surface area contributed by atoms with Crippen LogP contribution in [0.4, 0.5) is 0 Å². The van der Waals surface area contributed by atoms with Crippen molar-refractivity contribution in [2.75, 3.05) is 19.8 Å². The Kier molecular flexibility index (Phi) is 39.1. The van der Waals surface area contributed by atoms with E-state index < -0.39 is 86.8 Å². The molecule has 0 aromatic carbocycles. The Bertz CT molecular complexity index is 1320. The number of ether oxygens (including phenoxy) is 4. The summed E-state index contributed by atoms with van der Waals surface area (Å²) in [5.74, 6) is -0.252. The van der Waals surface area contributed by atoms with Gasteiger partial charge in [0.2, 0.25) is 5.91 Å². The molecule has 12 atom stereocenters. The lowest BCUT2D eigenvalue weighted by molar-refractivity contribution is -0.359. The fraction of sp³-hybridized carbons (Fsp3) is 0.875. The average molecular weight is 998 g/mol. The lowest BCUT2D eigenvalue weighted by Crippen LogP contribution is -2.65. The third-order valence-corrected chi connectivity index (χ3v) is 13.8. The molecule has 12 unspecified atom stereocenters. The van der Waals surface area contributed by atoms with Crippen LogP contribution in [0.3, 0.4) is 0 Å². The van der Waals surface area contributed by atoms with Crippen LogP contribution in [0, 0.1) is 0 Å². The summed E-state index contributed by atoms with van der Waals surface area (Å²) in [6.07, 6.45) is 33.3. The number of amides is 1. The zero-order valence-electron chi connectivity index (χ0n) is 43.8. The van der Waals surface area contributed by atoms with Gasteiger partial charge in [0.05, 0.1) is 32.0 Å². The van der Waals surface area contributed by atoms with Crippen molar-refractivity contribution < 1.29 is 64.6 Å². The molecule has 2 fully saturated rings. The Morgan fingerprint density at radius 1 is 0.500 bits per heavy atom. The van der Waals surface area contributed by atoms with Crippen molar-refractivity contribution in [1.82, 2.24) is 5.32 Å². The summed E-state index contributed by atoms with van der Waals surface area (Å²) in [4.78, 5) is 13.2. The van der Waals surface area contributed by atoms with Gasteiger partial charge in [-0.3, -0.25) is 4.79 Å². The fourth-order valence-corrected chi connectivity index (χ4v) is 9.21. The number of rotatable bonds is 44. The molecule has 14 nitrogen and oxygen atoms in total. The number of aliphatic hydroxyl groups excluding tert-OH is 8. The van der Waals surface area contributed by atoms with Gasteiger partial charge in [0.1, 0.15) is 48.8 Å². The van der Waals surface area contributed by atoms with Crippen molar-refractivity contribution >= 4 is 5.91 Å². The zero-order chi connectivity index (χ0) is 51.0. The molecular weight excluding hydrogens is 895 g/mol. The van der Waals surface area contributed by atoms with Crippen LogP contribution < -0.4 is 5.32 Å². The van der Waals surface area contributed by atoms with Crippen molar-refractivity contribution in [3.8, 4) is 0 Å². The summed E-state index contributed by atoms with van der Waals surface area (Å²) in [6, 6.07) is -0.934. The van der Waals surface area contributed by atoms with E-state index in [0.29, 0.717) is 12.8 Å². The predicted molar refractivity (Wildman–Crippen MR) is 277 cm³/mol. The van der Waals surface area contributed by atoms with Crippen molar-refractivity contribution in [1.29, 1.82) is 0 Å². The highest BCUT2D eigenvalue weighted by Gasteiger charge is 2.51. The number of aliphatic hydroxyl groups is 8. The lowest BCUT2D eigenvalue weighted by atomic mass is 9.97. The Morgan fingerprint density at radius 2 is 0.914 bits per heavy atom. The van der Waals surface area contributed by atoms with Gasteiger partial charge in [-0.2, -0.15) is 0 Å². The largest absolute Gasteiger partial charge is 0.394 e. The molecule has 0 aromatic rings. The second kappa shape index (κ2) is 42.6. The van der Waals surface area contributed by atoms with E-state index in [1.807, 2.05) is 6.08 Å². The minimum atomic E-state index is -1.79. The second-order valence-corrected chi connectivity index (χ2v) is 20.1. The lowest BCUT2D eigenvalue weighted by Gasteiger charge is -2.46. The minimum absolute atomic E-state index is 0.252. The smallest absolute Gasteiger partial charge is 0.220 e. The highest BCUT2D eigenvalue weighted by Crippen LogP contribution is 2.30. The Morgan fingerprint density at radius 3 is 1.40 bits per heavy atom. The second-order valence-electron chi connectivity index (χ2n) is 20.1. The van der Waals surface area contributed by atoms with E-state index in [9.17, 15) is 45.6 Å². The maximum absolute atomic E-state index is 13.2. The van der Waals surface area contributed by atoms with Crippen LogP contribution in [0.5, 0.6) is 0 Å². The molecule has 0 aliphatic carbocycles. The molecule has 2 saturated heterocycles. The van der Waals surface area contributed by atoms with Gasteiger partial charge in [-0.15, -0.1) is 0 Å². The number of hydrogen-bond donors (Lipinski definition) is 9. The van der Waals surface area contributed by atoms with Gasteiger partial charge in [-0.05, 0) is 44.9 Å². The molecule has 2 heterocycles. The first-order chi connectivity index (χ1) is 34.1. The van der Waals surface area contributed by atoms with Gasteiger partial charge in [-0.1, -0.05) is 204 Å². The van der Waals surface area contributed by atoms with Crippen molar-refractivity contribution in [2.45, 2.75) is 293 Å². The summed E-state index contributed by atoms with van der Waals surface area (Å²) < 4.78 is 22.7. The third-order valence-electron chi connectivity index (χ3n) is 13.8. The third kappa shape index (κ3) is 28.6. The SMILES string of the molecule is CCCCCCCCCCCCCC/C=C/CC/C=C/CC/C=C/C(O)C(COC1OC(CO)C(OC2OC(CO)C(O)C(O)C2O)C(O)C1O)NC(=O)CCCCCCCCCCCCCCCC. The van der Waals surface area contributed by atoms with Gasteiger partial charge in [0.15, 0.2) is 12.6 Å². The van der Waals surface area contributed by atoms with Crippen LogP contribution in [-0.4, -0.2) is 140 Å². The van der Waals surface area contributed by atoms with Gasteiger partial charge in [-0.25, -0.2) is 0 Å². The number of nitrogens with one attached hydrogen (secondary N) is 1. The molecule has 410 valence electrons. The Balaban J connectivity index is 1.82. The molecule has 1 amide bonds. The van der Waals surface area contributed by atoms with E-state index in [1.165, 1.54) is 141 Å². The summed E-state index contributed by atoms with van der Waals surface area (Å²) in [5.41, 5.74) is 0. The maximum atomic E-state index is 13.2. The van der Waals surface area contributed by atoms with E-state index in [-0.39, 0.29) is 18.9 Å². The summed E-state index contributed by atoms with van der Waals surface area (Å²) >= 11 is 0. The molecule has 2 aliphatic rings. The Hall–Kier alpha value is -1.79.